The van der Waals surface area contributed by atoms with E-state index in [0.29, 0.717) is 25.2 Å². The molecule has 25 heavy (non-hydrogen) atoms. The van der Waals surface area contributed by atoms with Gasteiger partial charge in [-0.25, -0.2) is 0 Å². The molecule has 1 atom stereocenters. The largest absolute Gasteiger partial charge is 0.396 e. The molecule has 130 valence electrons. The first-order valence-electron chi connectivity index (χ1n) is 8.50. The van der Waals surface area contributed by atoms with Crippen molar-refractivity contribution in [3.63, 3.8) is 0 Å². The second kappa shape index (κ2) is 7.94. The van der Waals surface area contributed by atoms with Crippen LogP contribution in [0.15, 0.2) is 54.6 Å². The fraction of sp³-hybridized carbons (Fsp3) is 0.300. The summed E-state index contributed by atoms with van der Waals surface area (Å²) in [5.41, 5.74) is 2.76. The van der Waals surface area contributed by atoms with Crippen LogP contribution in [0.2, 0.25) is 0 Å². The quantitative estimate of drug-likeness (QED) is 0.839. The van der Waals surface area contributed by atoms with Crippen molar-refractivity contribution in [2.45, 2.75) is 12.8 Å². The molecule has 2 aromatic carbocycles. The van der Waals surface area contributed by atoms with Gasteiger partial charge < -0.3 is 15.3 Å². The summed E-state index contributed by atoms with van der Waals surface area (Å²) < 4.78 is 0. The predicted molar refractivity (Wildman–Crippen MR) is 96.1 cm³/mol. The Bertz CT molecular complexity index is 746. The van der Waals surface area contributed by atoms with Crippen molar-refractivity contribution in [2.75, 3.05) is 25.0 Å². The van der Waals surface area contributed by atoms with Crippen molar-refractivity contribution in [2.24, 2.45) is 5.92 Å². The number of aliphatic hydroxyl groups is 1. The molecule has 1 unspecified atom stereocenters. The highest BCUT2D eigenvalue weighted by molar-refractivity contribution is 6.39. The molecule has 5 heteroatoms. The maximum atomic E-state index is 12.3. The minimum Gasteiger partial charge on any atom is -0.396 e. The molecular weight excluding hydrogens is 316 g/mol. The number of benzene rings is 2. The average Bonchev–Trinajstić information content (AvgIpc) is 3.12. The minimum absolute atomic E-state index is 0.0469. The topological polar surface area (TPSA) is 69.6 Å². The normalized spacial score (nSPS) is 16.7. The summed E-state index contributed by atoms with van der Waals surface area (Å²) >= 11 is 0. The van der Waals surface area contributed by atoms with Gasteiger partial charge in [-0.3, -0.25) is 9.59 Å². The van der Waals surface area contributed by atoms with Crippen LogP contribution in [0.25, 0.3) is 0 Å². The monoisotopic (exact) mass is 338 g/mol. The van der Waals surface area contributed by atoms with Crippen LogP contribution in [-0.2, 0) is 16.0 Å². The summed E-state index contributed by atoms with van der Waals surface area (Å²) in [5, 5.41) is 11.9. The second-order valence-electron chi connectivity index (χ2n) is 6.36. The van der Waals surface area contributed by atoms with Gasteiger partial charge in [0.25, 0.3) is 0 Å². The van der Waals surface area contributed by atoms with E-state index in [9.17, 15) is 14.7 Å². The molecule has 1 heterocycles. The number of para-hydroxylation sites is 1. The minimum atomic E-state index is -0.626. The molecule has 2 aromatic rings. The lowest BCUT2D eigenvalue weighted by molar-refractivity contribution is -0.142. The molecular formula is C20H22N2O3. The third-order valence-corrected chi connectivity index (χ3v) is 4.53. The number of hydrogen-bond acceptors (Lipinski definition) is 3. The molecule has 1 aliphatic rings. The first kappa shape index (κ1) is 17.2. The molecule has 1 saturated heterocycles. The van der Waals surface area contributed by atoms with E-state index in [1.165, 1.54) is 4.90 Å². The molecule has 0 aromatic heterocycles. The lowest BCUT2D eigenvalue weighted by atomic mass is 10.0. The Labute approximate surface area is 147 Å². The Morgan fingerprint density at radius 1 is 1.08 bits per heavy atom. The molecule has 2 amide bonds. The van der Waals surface area contributed by atoms with Crippen LogP contribution in [0.1, 0.15) is 17.5 Å². The maximum Gasteiger partial charge on any atom is 0.313 e. The third-order valence-electron chi connectivity index (χ3n) is 4.53. The van der Waals surface area contributed by atoms with E-state index in [4.69, 9.17) is 0 Å². The molecule has 1 aliphatic heterocycles. The van der Waals surface area contributed by atoms with Gasteiger partial charge in [0, 0.05) is 31.3 Å². The van der Waals surface area contributed by atoms with E-state index < -0.39 is 11.8 Å². The van der Waals surface area contributed by atoms with E-state index in [2.05, 4.69) is 5.32 Å². The van der Waals surface area contributed by atoms with E-state index in [-0.39, 0.29) is 12.5 Å². The van der Waals surface area contributed by atoms with Gasteiger partial charge in [0.1, 0.15) is 0 Å². The van der Waals surface area contributed by atoms with Crippen LogP contribution < -0.4 is 5.32 Å². The fourth-order valence-corrected chi connectivity index (χ4v) is 3.10. The van der Waals surface area contributed by atoms with Crippen LogP contribution in [0.4, 0.5) is 5.69 Å². The predicted octanol–water partition coefficient (Wildman–Crippen LogP) is 2.06. The molecule has 0 saturated carbocycles. The number of hydrogen-bond donors (Lipinski definition) is 2. The summed E-state index contributed by atoms with van der Waals surface area (Å²) in [6, 6.07) is 17.5. The number of aliphatic hydroxyl groups excluding tert-OH is 1. The lowest BCUT2D eigenvalue weighted by Crippen LogP contribution is -2.38. The third kappa shape index (κ3) is 4.25. The number of carbonyl (C=O) groups excluding carboxylic acids is 2. The van der Waals surface area contributed by atoms with E-state index in [1.807, 2.05) is 54.6 Å². The lowest BCUT2D eigenvalue weighted by Gasteiger charge is -2.16. The smallest absolute Gasteiger partial charge is 0.313 e. The van der Waals surface area contributed by atoms with Crippen LogP contribution in [0.3, 0.4) is 0 Å². The zero-order valence-corrected chi connectivity index (χ0v) is 14.0. The van der Waals surface area contributed by atoms with Crippen LogP contribution in [-0.4, -0.2) is 41.5 Å². The summed E-state index contributed by atoms with van der Waals surface area (Å²) in [7, 11) is 0. The molecule has 1 fully saturated rings. The van der Waals surface area contributed by atoms with Gasteiger partial charge in [-0.15, -0.1) is 0 Å². The Morgan fingerprint density at radius 2 is 1.80 bits per heavy atom. The van der Waals surface area contributed by atoms with Crippen molar-refractivity contribution in [3.8, 4) is 0 Å². The number of nitrogens with zero attached hydrogens (tertiary/aromatic N) is 1. The van der Waals surface area contributed by atoms with Crippen LogP contribution >= 0.6 is 0 Å². The van der Waals surface area contributed by atoms with Gasteiger partial charge in [0.2, 0.25) is 0 Å². The SMILES string of the molecule is O=C(Nc1ccccc1Cc1ccccc1)C(=O)N1CCC(CO)C1. The number of carbonyl (C=O) groups is 2. The first-order chi connectivity index (χ1) is 12.2. The summed E-state index contributed by atoms with van der Waals surface area (Å²) in [6.07, 6.45) is 1.42. The molecule has 0 aliphatic carbocycles. The van der Waals surface area contributed by atoms with Crippen molar-refractivity contribution in [1.29, 1.82) is 0 Å². The van der Waals surface area contributed by atoms with Crippen molar-refractivity contribution in [1.82, 2.24) is 4.90 Å². The van der Waals surface area contributed by atoms with Crippen LogP contribution in [0, 0.1) is 5.92 Å². The highest BCUT2D eigenvalue weighted by Gasteiger charge is 2.29. The van der Waals surface area contributed by atoms with E-state index in [1.54, 1.807) is 0 Å². The van der Waals surface area contributed by atoms with Crippen molar-refractivity contribution >= 4 is 17.5 Å². The van der Waals surface area contributed by atoms with E-state index in [0.717, 1.165) is 17.5 Å². The molecule has 0 spiro atoms. The molecule has 0 bridgehead atoms. The maximum absolute atomic E-state index is 12.3. The van der Waals surface area contributed by atoms with Gasteiger partial charge in [-0.05, 0) is 30.0 Å². The molecule has 0 radical (unpaired) electrons. The van der Waals surface area contributed by atoms with Gasteiger partial charge in [0.05, 0.1) is 0 Å². The summed E-state index contributed by atoms with van der Waals surface area (Å²) in [6.45, 7) is 1.00. The Hall–Kier alpha value is -2.66. The van der Waals surface area contributed by atoms with E-state index >= 15 is 0 Å². The number of anilines is 1. The summed E-state index contributed by atoms with van der Waals surface area (Å²) in [4.78, 5) is 26.2. The highest BCUT2D eigenvalue weighted by Crippen LogP contribution is 2.20. The number of nitrogens with one attached hydrogen (secondary N) is 1. The average molecular weight is 338 g/mol. The zero-order chi connectivity index (χ0) is 17.6. The fourth-order valence-electron chi connectivity index (χ4n) is 3.10. The molecule has 2 N–H and O–H groups in total. The first-order valence-corrected chi connectivity index (χ1v) is 8.50. The van der Waals surface area contributed by atoms with Gasteiger partial charge in [-0.1, -0.05) is 48.5 Å². The van der Waals surface area contributed by atoms with Gasteiger partial charge >= 0.3 is 11.8 Å². The molecule has 3 rings (SSSR count). The summed E-state index contributed by atoms with van der Waals surface area (Å²) in [5.74, 6) is -1.09. The highest BCUT2D eigenvalue weighted by atomic mass is 16.3. The van der Waals surface area contributed by atoms with Crippen molar-refractivity contribution in [3.05, 3.63) is 65.7 Å². The van der Waals surface area contributed by atoms with Gasteiger partial charge in [-0.2, -0.15) is 0 Å². The Kier molecular flexibility index (Phi) is 5.46. The number of likely N-dealkylation sites (tertiary alicyclic amines) is 1. The second-order valence-corrected chi connectivity index (χ2v) is 6.36. The standard InChI is InChI=1S/C20H22N2O3/c23-14-16-10-11-22(13-16)20(25)19(24)21-18-9-5-4-8-17(18)12-15-6-2-1-3-7-15/h1-9,16,23H,10-14H2,(H,21,24). The molecule has 5 nitrogen and oxygen atoms in total. The Morgan fingerprint density at radius 3 is 2.52 bits per heavy atom. The van der Waals surface area contributed by atoms with Crippen LogP contribution in [0.5, 0.6) is 0 Å². The number of rotatable bonds is 4. The van der Waals surface area contributed by atoms with Gasteiger partial charge in [0.15, 0.2) is 0 Å². The Balaban J connectivity index is 1.68. The zero-order valence-electron chi connectivity index (χ0n) is 14.0. The van der Waals surface area contributed by atoms with Crippen molar-refractivity contribution < 1.29 is 14.7 Å². The number of amides is 2.